The van der Waals surface area contributed by atoms with Crippen LogP contribution in [-0.4, -0.2) is 53.5 Å². The largest absolute Gasteiger partial charge is 0.497 e. The monoisotopic (exact) mass is 544 g/mol. The number of carboxylic acid groups (broad SMARTS) is 1. The summed E-state index contributed by atoms with van der Waals surface area (Å²) in [4.78, 5) is 20.2. The third-order valence-electron chi connectivity index (χ3n) is 7.43. The molecule has 0 bridgehead atoms. The molecule has 37 heavy (non-hydrogen) atoms. The highest BCUT2D eigenvalue weighted by Gasteiger charge is 2.41. The number of halogens is 2. The van der Waals surface area contributed by atoms with Crippen molar-refractivity contribution in [3.05, 3.63) is 64.8 Å². The van der Waals surface area contributed by atoms with Crippen molar-refractivity contribution in [3.8, 4) is 5.75 Å². The molecule has 0 amide bonds. The Morgan fingerprint density at radius 2 is 1.97 bits per heavy atom. The van der Waals surface area contributed by atoms with Crippen LogP contribution >= 0.6 is 23.4 Å². The Kier molecular flexibility index (Phi) is 9.32. The molecule has 0 radical (unpaired) electrons. The molecule has 2 aromatic carbocycles. The number of benzene rings is 2. The number of thioether (sulfide) groups is 1. The highest BCUT2D eigenvalue weighted by atomic mass is 35.5. The number of carbonyl (C=O) groups is 1. The van der Waals surface area contributed by atoms with Crippen LogP contribution in [0.1, 0.15) is 49.4 Å². The quantitative estimate of drug-likeness (QED) is 0.201. The van der Waals surface area contributed by atoms with Crippen LogP contribution in [0.5, 0.6) is 5.75 Å². The first-order valence-corrected chi connectivity index (χ1v) is 14.1. The second-order valence-corrected chi connectivity index (χ2v) is 11.4. The maximum Gasteiger partial charge on any atom is 0.309 e. The Morgan fingerprint density at radius 1 is 1.24 bits per heavy atom. The van der Waals surface area contributed by atoms with Gasteiger partial charge in [0.25, 0.3) is 0 Å². The van der Waals surface area contributed by atoms with Crippen LogP contribution in [0, 0.1) is 12.3 Å². The lowest BCUT2D eigenvalue weighted by Crippen LogP contribution is -2.44. The summed E-state index contributed by atoms with van der Waals surface area (Å²) < 4.78 is 20.9. The Balaban J connectivity index is 1.32. The molecule has 1 atom stereocenters. The van der Waals surface area contributed by atoms with Crippen LogP contribution in [0.2, 0.25) is 5.02 Å². The minimum absolute atomic E-state index is 0.0928. The molecule has 4 rings (SSSR count). The van der Waals surface area contributed by atoms with Crippen LogP contribution in [-0.2, 0) is 4.79 Å². The molecule has 1 saturated heterocycles. The number of methoxy groups -OCH3 is 1. The van der Waals surface area contributed by atoms with Crippen LogP contribution in [0.15, 0.2) is 53.6 Å². The van der Waals surface area contributed by atoms with Crippen LogP contribution in [0.3, 0.4) is 0 Å². The molecular weight excluding hydrogens is 511 g/mol. The lowest BCUT2D eigenvalue weighted by atomic mass is 9.74. The van der Waals surface area contributed by atoms with Crippen molar-refractivity contribution in [1.29, 1.82) is 0 Å². The zero-order chi connectivity index (χ0) is 26.4. The van der Waals surface area contributed by atoms with Crippen molar-refractivity contribution in [3.63, 3.8) is 0 Å². The number of hydrogen-bond acceptors (Lipinski definition) is 5. The van der Waals surface area contributed by atoms with E-state index in [-0.39, 0.29) is 17.9 Å². The molecule has 5 nitrogen and oxygen atoms in total. The zero-order valence-electron chi connectivity index (χ0n) is 21.4. The summed E-state index contributed by atoms with van der Waals surface area (Å²) in [6.45, 7) is 4.47. The van der Waals surface area contributed by atoms with Gasteiger partial charge < -0.3 is 14.7 Å². The molecule has 198 valence electrons. The molecule has 1 aliphatic heterocycles. The van der Waals surface area contributed by atoms with Gasteiger partial charge in [-0.3, -0.25) is 9.78 Å². The van der Waals surface area contributed by atoms with Gasteiger partial charge in [-0.25, -0.2) is 4.39 Å². The maximum atomic E-state index is 15.6. The van der Waals surface area contributed by atoms with Gasteiger partial charge in [0, 0.05) is 22.0 Å². The van der Waals surface area contributed by atoms with E-state index in [1.165, 1.54) is 16.7 Å². The summed E-state index contributed by atoms with van der Waals surface area (Å²) in [7, 11) is 1.55. The van der Waals surface area contributed by atoms with Gasteiger partial charge >= 0.3 is 5.97 Å². The molecule has 0 saturated carbocycles. The topological polar surface area (TPSA) is 62.7 Å². The molecule has 0 spiro atoms. The average Bonchev–Trinajstić information content (AvgIpc) is 2.91. The summed E-state index contributed by atoms with van der Waals surface area (Å²) in [6.07, 6.45) is 2.53. The first-order valence-electron chi connectivity index (χ1n) is 12.7. The number of likely N-dealkylation sites (tertiary alicyclic amines) is 1. The Bertz CT molecular complexity index is 1220. The number of fused-ring (bicyclic) bond motifs is 1. The Morgan fingerprint density at radius 3 is 2.65 bits per heavy atom. The standard InChI is InChI=1S/C29H34ClFN2O3S/c1-20-4-7-22(8-5-20)37-17-3-14-33-15-12-29(13-16-33,28(34)35)11-10-25(31)27-23-18-21(36-2)6-9-26(23)32-19-24(27)30/h4-9,18-19,25H,3,10-17H2,1-2H3,(H,34,35). The van der Waals surface area contributed by atoms with Crippen molar-refractivity contribution >= 4 is 40.2 Å². The predicted molar refractivity (Wildman–Crippen MR) is 149 cm³/mol. The van der Waals surface area contributed by atoms with E-state index < -0.39 is 17.6 Å². The summed E-state index contributed by atoms with van der Waals surface area (Å²) in [5, 5.41) is 11.0. The summed E-state index contributed by atoms with van der Waals surface area (Å²) in [5.41, 5.74) is 1.33. The van der Waals surface area contributed by atoms with E-state index in [4.69, 9.17) is 16.3 Å². The lowest BCUT2D eigenvalue weighted by Gasteiger charge is -2.39. The second kappa shape index (κ2) is 12.5. The molecule has 3 aromatic rings. The number of nitrogens with zero attached hydrogens (tertiary/aromatic N) is 2. The van der Waals surface area contributed by atoms with Crippen LogP contribution in [0.25, 0.3) is 10.9 Å². The van der Waals surface area contributed by atoms with E-state index in [2.05, 4.69) is 41.1 Å². The number of ether oxygens (including phenoxy) is 1. The van der Waals surface area contributed by atoms with E-state index in [9.17, 15) is 9.90 Å². The van der Waals surface area contributed by atoms with Gasteiger partial charge in [-0.05, 0) is 94.7 Å². The number of piperidine rings is 1. The SMILES string of the molecule is COc1ccc2ncc(Cl)c(C(F)CCC3(C(=O)O)CCN(CCCSc4ccc(C)cc4)CC3)c2c1. The summed E-state index contributed by atoms with van der Waals surface area (Å²) in [5.74, 6) is 0.789. The average molecular weight is 545 g/mol. The fourth-order valence-corrected chi connectivity index (χ4v) is 6.16. The van der Waals surface area contributed by atoms with Crippen molar-refractivity contribution in [1.82, 2.24) is 9.88 Å². The van der Waals surface area contributed by atoms with Crippen molar-refractivity contribution < 1.29 is 19.0 Å². The van der Waals surface area contributed by atoms with E-state index in [0.717, 1.165) is 18.7 Å². The maximum absolute atomic E-state index is 15.6. The minimum atomic E-state index is -1.39. The van der Waals surface area contributed by atoms with Gasteiger partial charge in [-0.1, -0.05) is 29.3 Å². The first-order chi connectivity index (χ1) is 17.8. The summed E-state index contributed by atoms with van der Waals surface area (Å²) in [6, 6.07) is 13.8. The number of carboxylic acids is 1. The third-order valence-corrected chi connectivity index (χ3v) is 8.83. The van der Waals surface area contributed by atoms with Gasteiger partial charge in [0.2, 0.25) is 0 Å². The van der Waals surface area contributed by atoms with Gasteiger partial charge in [-0.15, -0.1) is 11.8 Å². The van der Waals surface area contributed by atoms with E-state index >= 15 is 4.39 Å². The van der Waals surface area contributed by atoms with Crippen molar-refractivity contribution in [2.75, 3.05) is 32.5 Å². The lowest BCUT2D eigenvalue weighted by molar-refractivity contribution is -0.153. The second-order valence-electron chi connectivity index (χ2n) is 9.85. The molecule has 1 fully saturated rings. The minimum Gasteiger partial charge on any atom is -0.497 e. The van der Waals surface area contributed by atoms with Gasteiger partial charge in [0.1, 0.15) is 11.9 Å². The normalized spacial score (nSPS) is 16.5. The number of aromatic nitrogens is 1. The molecular formula is C29H34ClFN2O3S. The molecule has 1 N–H and O–H groups in total. The number of pyridine rings is 1. The first kappa shape index (κ1) is 27.7. The van der Waals surface area contributed by atoms with Gasteiger partial charge in [0.15, 0.2) is 0 Å². The van der Waals surface area contributed by atoms with Gasteiger partial charge in [-0.2, -0.15) is 0 Å². The van der Waals surface area contributed by atoms with E-state index in [0.29, 0.717) is 48.1 Å². The highest BCUT2D eigenvalue weighted by Crippen LogP contribution is 2.42. The number of aliphatic carboxylic acids is 1. The smallest absolute Gasteiger partial charge is 0.309 e. The number of hydrogen-bond donors (Lipinski definition) is 1. The molecule has 1 unspecified atom stereocenters. The van der Waals surface area contributed by atoms with Gasteiger partial charge in [0.05, 0.1) is 23.1 Å². The predicted octanol–water partition coefficient (Wildman–Crippen LogP) is 7.35. The van der Waals surface area contributed by atoms with E-state index in [1.807, 2.05) is 11.8 Å². The third kappa shape index (κ3) is 6.75. The molecule has 0 aliphatic carbocycles. The fraction of sp³-hybridized carbons (Fsp3) is 0.448. The fourth-order valence-electron chi connectivity index (χ4n) is 5.05. The highest BCUT2D eigenvalue weighted by molar-refractivity contribution is 7.99. The molecule has 1 aliphatic rings. The molecule has 2 heterocycles. The summed E-state index contributed by atoms with van der Waals surface area (Å²) >= 11 is 8.22. The molecule has 8 heteroatoms. The number of aryl methyl sites for hydroxylation is 1. The van der Waals surface area contributed by atoms with Crippen LogP contribution in [0.4, 0.5) is 4.39 Å². The zero-order valence-corrected chi connectivity index (χ0v) is 23.0. The Labute approximate surface area is 227 Å². The van der Waals surface area contributed by atoms with Crippen molar-refractivity contribution in [2.24, 2.45) is 5.41 Å². The van der Waals surface area contributed by atoms with E-state index in [1.54, 1.807) is 25.3 Å². The van der Waals surface area contributed by atoms with Crippen molar-refractivity contribution in [2.45, 2.75) is 50.1 Å². The van der Waals surface area contributed by atoms with Crippen LogP contribution < -0.4 is 4.74 Å². The number of rotatable bonds is 11. The number of alkyl halides is 1. The molecule has 1 aromatic heterocycles. The Hall–Kier alpha value is -2.35.